The molecule has 0 spiro atoms. The third kappa shape index (κ3) is 4.35. The minimum Gasteiger partial charge on any atom is -0.497 e. The van der Waals surface area contributed by atoms with Gasteiger partial charge >= 0.3 is 0 Å². The molecule has 2 rings (SSSR count). The Balaban J connectivity index is 1.97. The highest BCUT2D eigenvalue weighted by atomic mass is 16.5. The van der Waals surface area contributed by atoms with Crippen LogP contribution in [0.3, 0.4) is 0 Å². The number of anilines is 1. The van der Waals surface area contributed by atoms with Crippen LogP contribution in [-0.2, 0) is 11.2 Å². The van der Waals surface area contributed by atoms with Gasteiger partial charge in [0.1, 0.15) is 5.75 Å². The van der Waals surface area contributed by atoms with Crippen molar-refractivity contribution in [1.82, 2.24) is 5.32 Å². The zero-order chi connectivity index (χ0) is 17.5. The molecule has 126 valence electrons. The summed E-state index contributed by atoms with van der Waals surface area (Å²) >= 11 is 0. The number of carbonyl (C=O) groups is 2. The molecule has 0 aliphatic heterocycles. The maximum Gasteiger partial charge on any atom is 0.251 e. The highest BCUT2D eigenvalue weighted by Crippen LogP contribution is 2.20. The van der Waals surface area contributed by atoms with Crippen LogP contribution < -0.4 is 15.4 Å². The molecule has 0 aromatic heterocycles. The quantitative estimate of drug-likeness (QED) is 0.857. The summed E-state index contributed by atoms with van der Waals surface area (Å²) in [5.74, 6) is 0.0272. The highest BCUT2D eigenvalue weighted by molar-refractivity contribution is 6.00. The van der Waals surface area contributed by atoms with Crippen molar-refractivity contribution in [2.75, 3.05) is 19.0 Å². The number of methoxy groups -OCH3 is 1. The molecule has 24 heavy (non-hydrogen) atoms. The van der Waals surface area contributed by atoms with Crippen LogP contribution in [0, 0.1) is 6.92 Å². The third-order valence-corrected chi connectivity index (χ3v) is 3.75. The molecule has 2 N–H and O–H groups in total. The van der Waals surface area contributed by atoms with E-state index in [0.717, 1.165) is 23.2 Å². The van der Waals surface area contributed by atoms with Crippen LogP contribution in [-0.4, -0.2) is 25.5 Å². The second-order valence-corrected chi connectivity index (χ2v) is 5.43. The normalized spacial score (nSPS) is 10.1. The number of carbonyl (C=O) groups excluding carboxylic acids is 2. The fourth-order valence-corrected chi connectivity index (χ4v) is 2.41. The number of benzene rings is 2. The second-order valence-electron chi connectivity index (χ2n) is 5.43. The van der Waals surface area contributed by atoms with Crippen molar-refractivity contribution >= 4 is 17.5 Å². The molecule has 2 aromatic carbocycles. The van der Waals surface area contributed by atoms with Crippen LogP contribution in [0.5, 0.6) is 5.75 Å². The number of rotatable bonds is 6. The lowest BCUT2D eigenvalue weighted by molar-refractivity contribution is -0.115. The van der Waals surface area contributed by atoms with Crippen molar-refractivity contribution in [1.29, 1.82) is 0 Å². The summed E-state index contributed by atoms with van der Waals surface area (Å²) in [5, 5.41) is 5.50. The predicted octanol–water partition coefficient (Wildman–Crippen LogP) is 2.93. The van der Waals surface area contributed by atoms with Gasteiger partial charge in [-0.25, -0.2) is 0 Å². The number of para-hydroxylation sites is 1. The van der Waals surface area contributed by atoms with Crippen molar-refractivity contribution in [3.63, 3.8) is 0 Å². The molecule has 0 bridgehead atoms. The largest absolute Gasteiger partial charge is 0.497 e. The maximum absolute atomic E-state index is 12.1. The van der Waals surface area contributed by atoms with E-state index >= 15 is 0 Å². The molecule has 0 atom stereocenters. The molecule has 0 unspecified atom stereocenters. The fraction of sp³-hybridized carbons (Fsp3) is 0.263. The topological polar surface area (TPSA) is 67.4 Å². The Bertz CT molecular complexity index is 741. The molecule has 0 aliphatic carbocycles. The van der Waals surface area contributed by atoms with Crippen LogP contribution in [0.2, 0.25) is 0 Å². The average molecular weight is 326 g/mol. The SMILES string of the molecule is CCc1cccc(C)c1NC(=O)CNC(=O)c1cccc(OC)c1. The van der Waals surface area contributed by atoms with Crippen LogP contribution in [0.25, 0.3) is 0 Å². The summed E-state index contributed by atoms with van der Waals surface area (Å²) in [6.07, 6.45) is 0.827. The molecule has 0 radical (unpaired) electrons. The van der Waals surface area contributed by atoms with Gasteiger partial charge in [-0.05, 0) is 42.7 Å². The Morgan fingerprint density at radius 2 is 1.88 bits per heavy atom. The number of amides is 2. The van der Waals surface area contributed by atoms with Gasteiger partial charge in [0.05, 0.1) is 13.7 Å². The predicted molar refractivity (Wildman–Crippen MR) is 94.5 cm³/mol. The molecule has 0 fully saturated rings. The number of nitrogens with one attached hydrogen (secondary N) is 2. The summed E-state index contributed by atoms with van der Waals surface area (Å²) in [4.78, 5) is 24.3. The first-order chi connectivity index (χ1) is 11.5. The van der Waals surface area contributed by atoms with Crippen LogP contribution in [0.1, 0.15) is 28.4 Å². The first kappa shape index (κ1) is 17.5. The molecule has 2 amide bonds. The van der Waals surface area contributed by atoms with E-state index in [1.807, 2.05) is 32.0 Å². The fourth-order valence-electron chi connectivity index (χ4n) is 2.41. The maximum atomic E-state index is 12.1. The number of ether oxygens (including phenoxy) is 1. The van der Waals surface area contributed by atoms with Gasteiger partial charge in [0.2, 0.25) is 5.91 Å². The van der Waals surface area contributed by atoms with Gasteiger partial charge in [0.15, 0.2) is 0 Å². The van der Waals surface area contributed by atoms with Gasteiger partial charge in [0.25, 0.3) is 5.91 Å². The summed E-state index contributed by atoms with van der Waals surface area (Å²) < 4.78 is 5.09. The van der Waals surface area contributed by atoms with E-state index in [4.69, 9.17) is 4.74 Å². The molecule has 2 aromatic rings. The van der Waals surface area contributed by atoms with E-state index in [1.165, 1.54) is 7.11 Å². The number of hydrogen-bond acceptors (Lipinski definition) is 3. The number of hydrogen-bond donors (Lipinski definition) is 2. The Kier molecular flexibility index (Phi) is 5.95. The molecule has 0 heterocycles. The second kappa shape index (κ2) is 8.15. The van der Waals surface area contributed by atoms with Gasteiger partial charge in [-0.3, -0.25) is 9.59 Å². The average Bonchev–Trinajstić information content (AvgIpc) is 2.61. The van der Waals surface area contributed by atoms with Gasteiger partial charge < -0.3 is 15.4 Å². The third-order valence-electron chi connectivity index (χ3n) is 3.75. The van der Waals surface area contributed by atoms with Crippen LogP contribution in [0.4, 0.5) is 5.69 Å². The van der Waals surface area contributed by atoms with Gasteiger partial charge in [0, 0.05) is 11.3 Å². The van der Waals surface area contributed by atoms with Gasteiger partial charge in [-0.1, -0.05) is 31.2 Å². The van der Waals surface area contributed by atoms with E-state index < -0.39 is 0 Å². The van der Waals surface area contributed by atoms with Gasteiger partial charge in [-0.2, -0.15) is 0 Å². The molecular weight excluding hydrogens is 304 g/mol. The minimum atomic E-state index is -0.315. The summed E-state index contributed by atoms with van der Waals surface area (Å²) in [6.45, 7) is 3.89. The van der Waals surface area contributed by atoms with Crippen molar-refractivity contribution in [2.45, 2.75) is 20.3 Å². The molecule has 0 saturated heterocycles. The smallest absolute Gasteiger partial charge is 0.251 e. The lowest BCUT2D eigenvalue weighted by Crippen LogP contribution is -2.33. The molecule has 0 saturated carbocycles. The lowest BCUT2D eigenvalue weighted by Gasteiger charge is -2.13. The Hall–Kier alpha value is -2.82. The van der Waals surface area contributed by atoms with Crippen molar-refractivity contribution < 1.29 is 14.3 Å². The van der Waals surface area contributed by atoms with E-state index in [-0.39, 0.29) is 18.4 Å². The lowest BCUT2D eigenvalue weighted by atomic mass is 10.1. The zero-order valence-corrected chi connectivity index (χ0v) is 14.2. The van der Waals surface area contributed by atoms with Crippen molar-refractivity contribution in [3.8, 4) is 5.75 Å². The minimum absolute atomic E-state index is 0.0898. The van der Waals surface area contributed by atoms with E-state index in [2.05, 4.69) is 10.6 Å². The molecular formula is C19H22N2O3. The van der Waals surface area contributed by atoms with Crippen LogP contribution in [0.15, 0.2) is 42.5 Å². The Morgan fingerprint density at radius 1 is 1.12 bits per heavy atom. The van der Waals surface area contributed by atoms with Crippen molar-refractivity contribution in [3.05, 3.63) is 59.2 Å². The summed E-state index contributed by atoms with van der Waals surface area (Å²) in [5.41, 5.74) is 3.34. The monoisotopic (exact) mass is 326 g/mol. The van der Waals surface area contributed by atoms with E-state index in [0.29, 0.717) is 11.3 Å². The van der Waals surface area contributed by atoms with E-state index in [1.54, 1.807) is 24.3 Å². The number of aryl methyl sites for hydroxylation is 2. The Morgan fingerprint density at radius 3 is 2.58 bits per heavy atom. The molecule has 5 heteroatoms. The standard InChI is InChI=1S/C19H22N2O3/c1-4-14-8-5-7-13(2)18(14)21-17(22)12-20-19(23)15-9-6-10-16(11-15)24-3/h5-11H,4,12H2,1-3H3,(H,20,23)(H,21,22). The Labute approximate surface area is 142 Å². The highest BCUT2D eigenvalue weighted by Gasteiger charge is 2.11. The van der Waals surface area contributed by atoms with E-state index in [9.17, 15) is 9.59 Å². The summed E-state index contributed by atoms with van der Waals surface area (Å²) in [6, 6.07) is 12.7. The summed E-state index contributed by atoms with van der Waals surface area (Å²) in [7, 11) is 1.54. The van der Waals surface area contributed by atoms with Crippen molar-refractivity contribution in [2.24, 2.45) is 0 Å². The first-order valence-electron chi connectivity index (χ1n) is 7.85. The zero-order valence-electron chi connectivity index (χ0n) is 14.2. The molecule has 0 aliphatic rings. The molecule has 5 nitrogen and oxygen atoms in total. The van der Waals surface area contributed by atoms with Crippen LogP contribution >= 0.6 is 0 Å². The van der Waals surface area contributed by atoms with Gasteiger partial charge in [-0.15, -0.1) is 0 Å². The first-order valence-corrected chi connectivity index (χ1v) is 7.85.